The van der Waals surface area contributed by atoms with E-state index in [2.05, 4.69) is 19.2 Å². The van der Waals surface area contributed by atoms with E-state index < -0.39 is 0 Å². The molecule has 1 aliphatic heterocycles. The lowest BCUT2D eigenvalue weighted by atomic mass is 9.85. The van der Waals surface area contributed by atoms with Gasteiger partial charge in [0.15, 0.2) is 0 Å². The zero-order valence-corrected chi connectivity index (χ0v) is 13.2. The highest BCUT2D eigenvalue weighted by molar-refractivity contribution is 5.76. The SMILES string of the molecule is CNC(CN1CCC(C)(C)CCC1=O)c1ccccc1F. The fourth-order valence-corrected chi connectivity index (χ4v) is 2.81. The van der Waals surface area contributed by atoms with Gasteiger partial charge in [0.25, 0.3) is 0 Å². The largest absolute Gasteiger partial charge is 0.341 e. The molecule has 1 aromatic rings. The first-order chi connectivity index (χ1) is 9.93. The minimum Gasteiger partial charge on any atom is -0.341 e. The average Bonchev–Trinajstić information content (AvgIpc) is 2.58. The van der Waals surface area contributed by atoms with Crippen LogP contribution in [-0.2, 0) is 4.79 Å². The van der Waals surface area contributed by atoms with E-state index in [1.165, 1.54) is 6.07 Å². The summed E-state index contributed by atoms with van der Waals surface area (Å²) in [6.45, 7) is 5.68. The molecule has 3 nitrogen and oxygen atoms in total. The smallest absolute Gasteiger partial charge is 0.222 e. The molecule has 2 rings (SSSR count). The summed E-state index contributed by atoms with van der Waals surface area (Å²) in [7, 11) is 1.81. The zero-order chi connectivity index (χ0) is 15.5. The van der Waals surface area contributed by atoms with Gasteiger partial charge in [0, 0.05) is 25.1 Å². The summed E-state index contributed by atoms with van der Waals surface area (Å²) in [4.78, 5) is 14.2. The third-order valence-electron chi connectivity index (χ3n) is 4.46. The molecule has 0 spiro atoms. The van der Waals surface area contributed by atoms with E-state index in [4.69, 9.17) is 0 Å². The second-order valence-electron chi connectivity index (χ2n) is 6.62. The van der Waals surface area contributed by atoms with Gasteiger partial charge in [0.1, 0.15) is 5.82 Å². The summed E-state index contributed by atoms with van der Waals surface area (Å²) in [5, 5.41) is 3.13. The minimum absolute atomic E-state index is 0.170. The Hall–Kier alpha value is -1.42. The summed E-state index contributed by atoms with van der Waals surface area (Å²) in [5.74, 6) is -0.0448. The van der Waals surface area contributed by atoms with Crippen LogP contribution >= 0.6 is 0 Å². The Morgan fingerprint density at radius 1 is 1.33 bits per heavy atom. The van der Waals surface area contributed by atoms with Crippen molar-refractivity contribution in [1.82, 2.24) is 10.2 Å². The number of rotatable bonds is 4. The number of hydrogen-bond acceptors (Lipinski definition) is 2. The number of likely N-dealkylation sites (tertiary alicyclic amines) is 1. The number of carbonyl (C=O) groups excluding carboxylic acids is 1. The maximum atomic E-state index is 13.9. The minimum atomic E-state index is -0.223. The van der Waals surface area contributed by atoms with Crippen molar-refractivity contribution in [2.75, 3.05) is 20.1 Å². The molecule has 1 heterocycles. The molecule has 1 aliphatic rings. The molecule has 1 saturated heterocycles. The molecule has 1 atom stereocenters. The van der Waals surface area contributed by atoms with Crippen LogP contribution in [0.2, 0.25) is 0 Å². The summed E-state index contributed by atoms with van der Waals surface area (Å²) in [5.41, 5.74) is 0.827. The molecule has 1 aromatic carbocycles. The lowest BCUT2D eigenvalue weighted by Gasteiger charge is -2.28. The Morgan fingerprint density at radius 3 is 2.71 bits per heavy atom. The Morgan fingerprint density at radius 2 is 2.05 bits per heavy atom. The van der Waals surface area contributed by atoms with Gasteiger partial charge in [-0.3, -0.25) is 4.79 Å². The third kappa shape index (κ3) is 4.03. The fourth-order valence-electron chi connectivity index (χ4n) is 2.81. The first kappa shape index (κ1) is 16.0. The Labute approximate surface area is 126 Å². The summed E-state index contributed by atoms with van der Waals surface area (Å²) < 4.78 is 13.9. The van der Waals surface area contributed by atoms with Gasteiger partial charge < -0.3 is 10.2 Å². The van der Waals surface area contributed by atoms with Crippen molar-refractivity contribution >= 4 is 5.91 Å². The highest BCUT2D eigenvalue weighted by atomic mass is 19.1. The molecule has 0 bridgehead atoms. The lowest BCUT2D eigenvalue weighted by molar-refractivity contribution is -0.131. The number of likely N-dealkylation sites (N-methyl/N-ethyl adjacent to an activating group) is 1. The number of carbonyl (C=O) groups is 1. The number of nitrogens with one attached hydrogen (secondary N) is 1. The van der Waals surface area contributed by atoms with Crippen molar-refractivity contribution < 1.29 is 9.18 Å². The van der Waals surface area contributed by atoms with Crippen molar-refractivity contribution in [3.05, 3.63) is 35.6 Å². The predicted molar refractivity (Wildman–Crippen MR) is 82.4 cm³/mol. The Balaban J connectivity index is 2.11. The van der Waals surface area contributed by atoms with Crippen LogP contribution < -0.4 is 5.32 Å². The molecule has 0 aliphatic carbocycles. The molecule has 1 N–H and O–H groups in total. The van der Waals surface area contributed by atoms with E-state index in [0.717, 1.165) is 19.4 Å². The average molecular weight is 292 g/mol. The fraction of sp³-hybridized carbons (Fsp3) is 0.588. The van der Waals surface area contributed by atoms with Crippen LogP contribution in [0.15, 0.2) is 24.3 Å². The topological polar surface area (TPSA) is 32.3 Å². The van der Waals surface area contributed by atoms with Gasteiger partial charge in [-0.25, -0.2) is 4.39 Å². The number of hydrogen-bond donors (Lipinski definition) is 1. The molecule has 0 radical (unpaired) electrons. The first-order valence-corrected chi connectivity index (χ1v) is 7.62. The molecular weight excluding hydrogens is 267 g/mol. The molecular formula is C17H25FN2O. The lowest BCUT2D eigenvalue weighted by Crippen LogP contribution is -2.38. The van der Waals surface area contributed by atoms with E-state index in [-0.39, 0.29) is 23.2 Å². The van der Waals surface area contributed by atoms with Crippen LogP contribution in [0.25, 0.3) is 0 Å². The van der Waals surface area contributed by atoms with Crippen molar-refractivity contribution in [1.29, 1.82) is 0 Å². The summed E-state index contributed by atoms with van der Waals surface area (Å²) in [6.07, 6.45) is 2.50. The second kappa shape index (κ2) is 6.56. The molecule has 1 amide bonds. The van der Waals surface area contributed by atoms with Crippen molar-refractivity contribution in [3.63, 3.8) is 0 Å². The number of amides is 1. The van der Waals surface area contributed by atoms with E-state index in [9.17, 15) is 9.18 Å². The number of benzene rings is 1. The first-order valence-electron chi connectivity index (χ1n) is 7.62. The maximum Gasteiger partial charge on any atom is 0.222 e. The van der Waals surface area contributed by atoms with Crippen LogP contribution in [-0.4, -0.2) is 30.9 Å². The zero-order valence-electron chi connectivity index (χ0n) is 13.2. The Bertz CT molecular complexity index is 501. The molecule has 0 saturated carbocycles. The van der Waals surface area contributed by atoms with Crippen LogP contribution in [0.5, 0.6) is 0 Å². The van der Waals surface area contributed by atoms with E-state index in [0.29, 0.717) is 18.5 Å². The van der Waals surface area contributed by atoms with Crippen molar-refractivity contribution in [3.8, 4) is 0 Å². The van der Waals surface area contributed by atoms with Crippen LogP contribution in [0.3, 0.4) is 0 Å². The van der Waals surface area contributed by atoms with E-state index >= 15 is 0 Å². The third-order valence-corrected chi connectivity index (χ3v) is 4.46. The van der Waals surface area contributed by atoms with Crippen LogP contribution in [0.1, 0.15) is 44.7 Å². The van der Waals surface area contributed by atoms with Gasteiger partial charge in [-0.05, 0) is 31.4 Å². The number of halogens is 1. The van der Waals surface area contributed by atoms with Gasteiger partial charge in [0.2, 0.25) is 5.91 Å². The van der Waals surface area contributed by atoms with Crippen LogP contribution in [0.4, 0.5) is 4.39 Å². The maximum absolute atomic E-state index is 13.9. The quantitative estimate of drug-likeness (QED) is 0.924. The Kier molecular flexibility index (Phi) is 4.99. The standard InChI is InChI=1S/C17H25FN2O/c1-17(2)9-8-16(21)20(11-10-17)12-15(19-3)13-6-4-5-7-14(13)18/h4-7,15,19H,8-12H2,1-3H3. The van der Waals surface area contributed by atoms with Gasteiger partial charge in [-0.15, -0.1) is 0 Å². The van der Waals surface area contributed by atoms with Crippen molar-refractivity contribution in [2.45, 2.75) is 39.2 Å². The summed E-state index contributed by atoms with van der Waals surface area (Å²) >= 11 is 0. The second-order valence-corrected chi connectivity index (χ2v) is 6.62. The van der Waals surface area contributed by atoms with E-state index in [1.807, 2.05) is 18.0 Å². The van der Waals surface area contributed by atoms with Crippen molar-refractivity contribution in [2.24, 2.45) is 5.41 Å². The molecule has 4 heteroatoms. The van der Waals surface area contributed by atoms with Gasteiger partial charge >= 0.3 is 0 Å². The number of nitrogens with zero attached hydrogens (tertiary/aromatic N) is 1. The van der Waals surface area contributed by atoms with Gasteiger partial charge in [0.05, 0.1) is 6.04 Å². The van der Waals surface area contributed by atoms with E-state index in [1.54, 1.807) is 12.1 Å². The van der Waals surface area contributed by atoms with Gasteiger partial charge in [-0.2, -0.15) is 0 Å². The monoisotopic (exact) mass is 292 g/mol. The molecule has 116 valence electrons. The molecule has 21 heavy (non-hydrogen) atoms. The molecule has 0 aromatic heterocycles. The van der Waals surface area contributed by atoms with Crippen LogP contribution in [0, 0.1) is 11.2 Å². The van der Waals surface area contributed by atoms with Gasteiger partial charge in [-0.1, -0.05) is 32.0 Å². The normalized spacial score (nSPS) is 20.2. The molecule has 1 fully saturated rings. The summed E-state index contributed by atoms with van der Waals surface area (Å²) in [6, 6.07) is 6.59. The molecule has 1 unspecified atom stereocenters. The highest BCUT2D eigenvalue weighted by Gasteiger charge is 2.29. The predicted octanol–water partition coefficient (Wildman–Crippen LogP) is 3.12. The highest BCUT2D eigenvalue weighted by Crippen LogP contribution is 2.31.